The molecule has 2 aromatic carbocycles. The summed E-state index contributed by atoms with van der Waals surface area (Å²) in [7, 11) is 0. The average Bonchev–Trinajstić information content (AvgIpc) is 2.28. The van der Waals surface area contributed by atoms with Gasteiger partial charge in [-0.15, -0.1) is 11.8 Å². The molecule has 0 nitrogen and oxygen atoms in total. The first-order chi connectivity index (χ1) is 7.74. The van der Waals surface area contributed by atoms with Crippen molar-refractivity contribution in [3.63, 3.8) is 0 Å². The molecule has 0 aliphatic carbocycles. The van der Waals surface area contributed by atoms with Gasteiger partial charge >= 0.3 is 0 Å². The molecule has 0 saturated heterocycles. The van der Waals surface area contributed by atoms with E-state index in [2.05, 4.69) is 74.3 Å². The van der Waals surface area contributed by atoms with Crippen LogP contribution in [0.25, 0.3) is 0 Å². The standard InChI is InChI=1S/C13H10Br2S/c14-11-6-4-10(5-7-11)9-16-13-3-1-2-12(15)8-13/h1-8H,9H2. The van der Waals surface area contributed by atoms with Gasteiger partial charge < -0.3 is 0 Å². The fourth-order valence-corrected chi connectivity index (χ4v) is 3.03. The second-order valence-corrected chi connectivity index (χ2v) is 6.25. The van der Waals surface area contributed by atoms with Crippen LogP contribution in [-0.4, -0.2) is 0 Å². The van der Waals surface area contributed by atoms with Gasteiger partial charge in [-0.2, -0.15) is 0 Å². The summed E-state index contributed by atoms with van der Waals surface area (Å²) in [6.45, 7) is 0. The van der Waals surface area contributed by atoms with Crippen LogP contribution in [0.4, 0.5) is 0 Å². The first kappa shape index (κ1) is 12.2. The minimum Gasteiger partial charge on any atom is -0.121 e. The van der Waals surface area contributed by atoms with E-state index in [1.807, 2.05) is 17.8 Å². The smallest absolute Gasteiger partial charge is 0.0232 e. The summed E-state index contributed by atoms with van der Waals surface area (Å²) in [6.07, 6.45) is 0. The Morgan fingerprint density at radius 2 is 1.62 bits per heavy atom. The zero-order chi connectivity index (χ0) is 11.4. The molecular formula is C13H10Br2S. The highest BCUT2D eigenvalue weighted by atomic mass is 79.9. The van der Waals surface area contributed by atoms with E-state index in [1.165, 1.54) is 10.5 Å². The summed E-state index contributed by atoms with van der Waals surface area (Å²) in [5.74, 6) is 1.00. The molecule has 0 atom stereocenters. The van der Waals surface area contributed by atoms with Crippen LogP contribution in [0.5, 0.6) is 0 Å². The van der Waals surface area contributed by atoms with Crippen molar-refractivity contribution in [2.75, 3.05) is 0 Å². The van der Waals surface area contributed by atoms with Crippen LogP contribution in [0.3, 0.4) is 0 Å². The Morgan fingerprint density at radius 3 is 2.31 bits per heavy atom. The Bertz CT molecular complexity index is 466. The van der Waals surface area contributed by atoms with Crippen LogP contribution in [0.2, 0.25) is 0 Å². The number of halogens is 2. The van der Waals surface area contributed by atoms with Gasteiger partial charge in [-0.25, -0.2) is 0 Å². The van der Waals surface area contributed by atoms with E-state index >= 15 is 0 Å². The van der Waals surface area contributed by atoms with Crippen LogP contribution in [0.1, 0.15) is 5.56 Å². The van der Waals surface area contributed by atoms with Crippen LogP contribution < -0.4 is 0 Å². The molecule has 0 radical (unpaired) electrons. The molecule has 2 rings (SSSR count). The largest absolute Gasteiger partial charge is 0.121 e. The Kier molecular flexibility index (Phi) is 4.50. The Balaban J connectivity index is 1.99. The summed E-state index contributed by atoms with van der Waals surface area (Å²) in [5.41, 5.74) is 1.34. The molecule has 0 bridgehead atoms. The maximum Gasteiger partial charge on any atom is 0.0232 e. The molecule has 3 heteroatoms. The molecule has 2 aromatic rings. The van der Waals surface area contributed by atoms with Gasteiger partial charge in [0.1, 0.15) is 0 Å². The second-order valence-electron chi connectivity index (χ2n) is 3.37. The van der Waals surface area contributed by atoms with Crippen molar-refractivity contribution in [2.24, 2.45) is 0 Å². The lowest BCUT2D eigenvalue weighted by atomic mass is 10.2. The molecule has 82 valence electrons. The van der Waals surface area contributed by atoms with Crippen molar-refractivity contribution >= 4 is 43.6 Å². The van der Waals surface area contributed by atoms with E-state index in [1.54, 1.807) is 0 Å². The third-order valence-corrected chi connectivity index (χ3v) is 4.20. The lowest BCUT2D eigenvalue weighted by Gasteiger charge is -2.02. The Hall–Kier alpha value is -0.250. The zero-order valence-corrected chi connectivity index (χ0v) is 12.5. The lowest BCUT2D eigenvalue weighted by Crippen LogP contribution is -1.80. The van der Waals surface area contributed by atoms with Gasteiger partial charge in [0.2, 0.25) is 0 Å². The monoisotopic (exact) mass is 356 g/mol. The van der Waals surface area contributed by atoms with Gasteiger partial charge in [-0.1, -0.05) is 50.1 Å². The highest BCUT2D eigenvalue weighted by Crippen LogP contribution is 2.25. The molecule has 0 spiro atoms. The molecule has 0 unspecified atom stereocenters. The van der Waals surface area contributed by atoms with Crippen LogP contribution in [-0.2, 0) is 5.75 Å². The third-order valence-electron chi connectivity index (χ3n) is 2.11. The van der Waals surface area contributed by atoms with E-state index in [0.29, 0.717) is 0 Å². The van der Waals surface area contributed by atoms with Crippen molar-refractivity contribution in [3.05, 3.63) is 63.0 Å². The normalized spacial score (nSPS) is 10.4. The maximum absolute atomic E-state index is 3.48. The van der Waals surface area contributed by atoms with Crippen LogP contribution in [0.15, 0.2) is 62.4 Å². The first-order valence-electron chi connectivity index (χ1n) is 4.87. The minimum absolute atomic E-state index is 1.00. The van der Waals surface area contributed by atoms with Gasteiger partial charge in [0.25, 0.3) is 0 Å². The van der Waals surface area contributed by atoms with Crippen molar-refractivity contribution in [1.29, 1.82) is 0 Å². The van der Waals surface area contributed by atoms with Gasteiger partial charge in [0.05, 0.1) is 0 Å². The van der Waals surface area contributed by atoms with Gasteiger partial charge in [0, 0.05) is 19.6 Å². The van der Waals surface area contributed by atoms with Crippen molar-refractivity contribution < 1.29 is 0 Å². The fraction of sp³-hybridized carbons (Fsp3) is 0.0769. The van der Waals surface area contributed by atoms with Crippen molar-refractivity contribution in [2.45, 2.75) is 10.6 Å². The molecule has 0 N–H and O–H groups in total. The molecule has 0 aromatic heterocycles. The number of benzene rings is 2. The average molecular weight is 358 g/mol. The predicted molar refractivity (Wildman–Crippen MR) is 77.8 cm³/mol. The Morgan fingerprint density at radius 1 is 0.875 bits per heavy atom. The molecule has 16 heavy (non-hydrogen) atoms. The van der Waals surface area contributed by atoms with Gasteiger partial charge in [-0.05, 0) is 35.9 Å². The first-order valence-corrected chi connectivity index (χ1v) is 7.44. The molecule has 0 aliphatic rings. The third kappa shape index (κ3) is 3.65. The van der Waals surface area contributed by atoms with E-state index in [0.717, 1.165) is 14.7 Å². The van der Waals surface area contributed by atoms with E-state index in [4.69, 9.17) is 0 Å². The van der Waals surface area contributed by atoms with Gasteiger partial charge in [-0.3, -0.25) is 0 Å². The quantitative estimate of drug-likeness (QED) is 0.653. The van der Waals surface area contributed by atoms with Crippen molar-refractivity contribution in [3.8, 4) is 0 Å². The summed E-state index contributed by atoms with van der Waals surface area (Å²) >= 11 is 8.76. The minimum atomic E-state index is 1.00. The van der Waals surface area contributed by atoms with E-state index in [9.17, 15) is 0 Å². The maximum atomic E-state index is 3.48. The summed E-state index contributed by atoms with van der Waals surface area (Å²) in [4.78, 5) is 1.29. The van der Waals surface area contributed by atoms with Crippen molar-refractivity contribution in [1.82, 2.24) is 0 Å². The van der Waals surface area contributed by atoms with E-state index in [-0.39, 0.29) is 0 Å². The molecular weight excluding hydrogens is 348 g/mol. The number of thioether (sulfide) groups is 1. The molecule has 0 fully saturated rings. The molecule has 0 saturated carbocycles. The topological polar surface area (TPSA) is 0 Å². The molecule has 0 aliphatic heterocycles. The summed E-state index contributed by atoms with van der Waals surface area (Å²) in [5, 5.41) is 0. The second kappa shape index (κ2) is 5.89. The van der Waals surface area contributed by atoms with Crippen LogP contribution in [0, 0.1) is 0 Å². The molecule has 0 heterocycles. The number of rotatable bonds is 3. The number of hydrogen-bond acceptors (Lipinski definition) is 1. The van der Waals surface area contributed by atoms with E-state index < -0.39 is 0 Å². The molecule has 0 amide bonds. The zero-order valence-electron chi connectivity index (χ0n) is 8.49. The highest BCUT2D eigenvalue weighted by molar-refractivity contribution is 9.10. The lowest BCUT2D eigenvalue weighted by molar-refractivity contribution is 1.37. The highest BCUT2D eigenvalue weighted by Gasteiger charge is 1.97. The number of hydrogen-bond donors (Lipinski definition) is 0. The SMILES string of the molecule is Brc1ccc(CSc2cccc(Br)c2)cc1. The Labute approximate surface area is 117 Å². The predicted octanol–water partition coefficient (Wildman–Crippen LogP) is 5.50. The fourth-order valence-electron chi connectivity index (χ4n) is 1.30. The summed E-state index contributed by atoms with van der Waals surface area (Å²) in [6, 6.07) is 16.8. The van der Waals surface area contributed by atoms with Crippen LogP contribution >= 0.6 is 43.6 Å². The summed E-state index contributed by atoms with van der Waals surface area (Å²) < 4.78 is 2.26. The van der Waals surface area contributed by atoms with Gasteiger partial charge in [0.15, 0.2) is 0 Å².